The molecule has 1 aromatic rings. The van der Waals surface area contributed by atoms with Crippen LogP contribution in [0.15, 0.2) is 34.8 Å². The topological polar surface area (TPSA) is 29.5 Å². The predicted molar refractivity (Wildman–Crippen MR) is 85.6 cm³/mol. The Labute approximate surface area is 133 Å². The lowest BCUT2D eigenvalue weighted by Crippen LogP contribution is -2.37. The average Bonchev–Trinajstić information content (AvgIpc) is 2.30. The van der Waals surface area contributed by atoms with Gasteiger partial charge in [-0.2, -0.15) is 0 Å². The molecular formula is C16H21BrFNO2. The van der Waals surface area contributed by atoms with E-state index in [1.807, 2.05) is 27.7 Å². The van der Waals surface area contributed by atoms with Gasteiger partial charge in [0.1, 0.15) is 11.4 Å². The normalized spacial score (nSPS) is 11.1. The molecule has 3 nitrogen and oxygen atoms in total. The highest BCUT2D eigenvalue weighted by Crippen LogP contribution is 2.21. The molecule has 21 heavy (non-hydrogen) atoms. The van der Waals surface area contributed by atoms with Crippen LogP contribution in [0.3, 0.4) is 0 Å². The minimum Gasteiger partial charge on any atom is -0.444 e. The Bertz CT molecular complexity index is 538. The van der Waals surface area contributed by atoms with E-state index in [2.05, 4.69) is 22.5 Å². The van der Waals surface area contributed by atoms with Crippen LogP contribution >= 0.6 is 15.9 Å². The van der Waals surface area contributed by atoms with Crippen molar-refractivity contribution in [3.63, 3.8) is 0 Å². The van der Waals surface area contributed by atoms with Gasteiger partial charge < -0.3 is 4.74 Å². The molecule has 0 aliphatic rings. The van der Waals surface area contributed by atoms with Crippen LogP contribution in [0.1, 0.15) is 33.3 Å². The van der Waals surface area contributed by atoms with Gasteiger partial charge in [0.05, 0.1) is 6.54 Å². The van der Waals surface area contributed by atoms with E-state index in [0.717, 1.165) is 10.0 Å². The van der Waals surface area contributed by atoms with E-state index >= 15 is 0 Å². The number of halogens is 2. The van der Waals surface area contributed by atoms with Gasteiger partial charge in [-0.05, 0) is 51.5 Å². The molecule has 116 valence electrons. The van der Waals surface area contributed by atoms with E-state index in [1.54, 1.807) is 6.07 Å². The monoisotopic (exact) mass is 357 g/mol. The Balaban J connectivity index is 2.95. The number of hydrogen-bond acceptors (Lipinski definition) is 2. The average molecular weight is 358 g/mol. The SMILES string of the molecule is C=C(C)CN(Cc1cc(F)ccc1Br)C(=O)OC(C)(C)C. The Hall–Kier alpha value is -1.36. The summed E-state index contributed by atoms with van der Waals surface area (Å²) in [6.45, 7) is 11.7. The minimum atomic E-state index is -0.580. The van der Waals surface area contributed by atoms with Crippen LogP contribution in [0.4, 0.5) is 9.18 Å². The van der Waals surface area contributed by atoms with Crippen LogP contribution in [0.2, 0.25) is 0 Å². The minimum absolute atomic E-state index is 0.250. The van der Waals surface area contributed by atoms with Gasteiger partial charge in [0.2, 0.25) is 0 Å². The Morgan fingerprint density at radius 1 is 1.43 bits per heavy atom. The molecule has 0 aliphatic heterocycles. The van der Waals surface area contributed by atoms with E-state index in [1.165, 1.54) is 17.0 Å². The molecule has 0 spiro atoms. The van der Waals surface area contributed by atoms with Gasteiger partial charge in [-0.15, -0.1) is 0 Å². The lowest BCUT2D eigenvalue weighted by atomic mass is 10.2. The lowest BCUT2D eigenvalue weighted by molar-refractivity contribution is 0.0251. The van der Waals surface area contributed by atoms with E-state index in [-0.39, 0.29) is 12.4 Å². The van der Waals surface area contributed by atoms with Gasteiger partial charge in [-0.3, -0.25) is 4.90 Å². The first-order chi connectivity index (χ1) is 9.58. The third-order valence-corrected chi connectivity index (χ3v) is 3.26. The van der Waals surface area contributed by atoms with E-state index < -0.39 is 11.7 Å². The molecule has 0 saturated carbocycles. The molecule has 0 atom stereocenters. The molecule has 0 aliphatic carbocycles. The maximum atomic E-state index is 13.4. The number of amides is 1. The van der Waals surface area contributed by atoms with Crippen molar-refractivity contribution >= 4 is 22.0 Å². The van der Waals surface area contributed by atoms with Crippen LogP contribution in [0.5, 0.6) is 0 Å². The van der Waals surface area contributed by atoms with Crippen LogP contribution in [0, 0.1) is 5.82 Å². The first-order valence-corrected chi connectivity index (χ1v) is 7.44. The molecule has 1 rings (SSSR count). The molecule has 0 saturated heterocycles. The van der Waals surface area contributed by atoms with Gasteiger partial charge in [0.25, 0.3) is 0 Å². The van der Waals surface area contributed by atoms with Crippen molar-refractivity contribution in [1.82, 2.24) is 4.90 Å². The fourth-order valence-corrected chi connectivity index (χ4v) is 2.08. The van der Waals surface area contributed by atoms with Crippen LogP contribution in [-0.4, -0.2) is 23.1 Å². The Morgan fingerprint density at radius 2 is 2.05 bits per heavy atom. The molecule has 0 bridgehead atoms. The molecule has 5 heteroatoms. The smallest absolute Gasteiger partial charge is 0.410 e. The highest BCUT2D eigenvalue weighted by Gasteiger charge is 2.23. The molecule has 1 aromatic carbocycles. The van der Waals surface area contributed by atoms with Crippen molar-refractivity contribution in [1.29, 1.82) is 0 Å². The van der Waals surface area contributed by atoms with Gasteiger partial charge in [0, 0.05) is 11.0 Å². The maximum Gasteiger partial charge on any atom is 0.410 e. The third-order valence-electron chi connectivity index (χ3n) is 2.48. The standard InChI is InChI=1S/C16H21BrFNO2/c1-11(2)9-19(15(20)21-16(3,4)5)10-12-8-13(18)6-7-14(12)17/h6-8H,1,9-10H2,2-5H3. The second-order valence-electron chi connectivity index (χ2n) is 6.03. The number of rotatable bonds is 4. The first kappa shape index (κ1) is 17.7. The maximum absolute atomic E-state index is 13.4. The zero-order chi connectivity index (χ0) is 16.2. The summed E-state index contributed by atoms with van der Waals surface area (Å²) >= 11 is 3.37. The van der Waals surface area contributed by atoms with Crippen molar-refractivity contribution in [2.75, 3.05) is 6.54 Å². The molecule has 0 aromatic heterocycles. The summed E-state index contributed by atoms with van der Waals surface area (Å²) in [4.78, 5) is 13.8. The summed E-state index contributed by atoms with van der Waals surface area (Å²) in [6, 6.07) is 4.39. The molecule has 1 amide bonds. The highest BCUT2D eigenvalue weighted by atomic mass is 79.9. The molecular weight excluding hydrogens is 337 g/mol. The Morgan fingerprint density at radius 3 is 2.57 bits per heavy atom. The van der Waals surface area contributed by atoms with Gasteiger partial charge in [-0.25, -0.2) is 9.18 Å². The quantitative estimate of drug-likeness (QED) is 0.717. The Kier molecular flexibility index (Phi) is 5.96. The number of carbonyl (C=O) groups excluding carboxylic acids is 1. The summed E-state index contributed by atoms with van der Waals surface area (Å²) < 4.78 is 19.5. The number of hydrogen-bond donors (Lipinski definition) is 0. The van der Waals surface area contributed by atoms with Crippen LogP contribution < -0.4 is 0 Å². The third kappa shape index (κ3) is 6.29. The fourth-order valence-electron chi connectivity index (χ4n) is 1.71. The summed E-state index contributed by atoms with van der Waals surface area (Å²) in [6.07, 6.45) is -0.443. The largest absolute Gasteiger partial charge is 0.444 e. The number of nitrogens with zero attached hydrogens (tertiary/aromatic N) is 1. The van der Waals surface area contributed by atoms with Crippen molar-refractivity contribution in [3.8, 4) is 0 Å². The summed E-state index contributed by atoms with van der Waals surface area (Å²) in [5.74, 6) is -0.340. The van der Waals surface area contributed by atoms with Crippen molar-refractivity contribution in [2.24, 2.45) is 0 Å². The molecule has 0 heterocycles. The van der Waals surface area contributed by atoms with Gasteiger partial charge in [-0.1, -0.05) is 28.1 Å². The second-order valence-corrected chi connectivity index (χ2v) is 6.88. The van der Waals surface area contributed by atoms with Crippen LogP contribution in [-0.2, 0) is 11.3 Å². The lowest BCUT2D eigenvalue weighted by Gasteiger charge is -2.28. The molecule has 0 radical (unpaired) electrons. The fraction of sp³-hybridized carbons (Fsp3) is 0.438. The molecule has 0 N–H and O–H groups in total. The van der Waals surface area contributed by atoms with Crippen molar-refractivity contribution < 1.29 is 13.9 Å². The highest BCUT2D eigenvalue weighted by molar-refractivity contribution is 9.10. The molecule has 0 fully saturated rings. The van der Waals surface area contributed by atoms with E-state index in [9.17, 15) is 9.18 Å². The first-order valence-electron chi connectivity index (χ1n) is 6.65. The number of carbonyl (C=O) groups is 1. The second kappa shape index (κ2) is 7.07. The van der Waals surface area contributed by atoms with Crippen molar-refractivity contribution in [3.05, 3.63) is 46.2 Å². The van der Waals surface area contributed by atoms with E-state index in [4.69, 9.17) is 4.74 Å². The van der Waals surface area contributed by atoms with Crippen LogP contribution in [0.25, 0.3) is 0 Å². The zero-order valence-corrected chi connectivity index (χ0v) is 14.5. The van der Waals surface area contributed by atoms with E-state index in [0.29, 0.717) is 12.1 Å². The summed E-state index contributed by atoms with van der Waals surface area (Å²) in [7, 11) is 0. The van der Waals surface area contributed by atoms with Crippen molar-refractivity contribution in [2.45, 2.75) is 39.8 Å². The zero-order valence-electron chi connectivity index (χ0n) is 12.9. The number of ether oxygens (including phenoxy) is 1. The van der Waals surface area contributed by atoms with Gasteiger partial charge >= 0.3 is 6.09 Å². The van der Waals surface area contributed by atoms with Gasteiger partial charge in [0.15, 0.2) is 0 Å². The molecule has 0 unspecified atom stereocenters. The summed E-state index contributed by atoms with van der Waals surface area (Å²) in [5, 5.41) is 0. The summed E-state index contributed by atoms with van der Waals surface area (Å²) in [5.41, 5.74) is 0.930. The predicted octanol–water partition coefficient (Wildman–Crippen LogP) is 4.90. The number of benzene rings is 1.